The van der Waals surface area contributed by atoms with Crippen LogP contribution < -0.4 is 5.32 Å². The summed E-state index contributed by atoms with van der Waals surface area (Å²) in [4.78, 5) is 0. The summed E-state index contributed by atoms with van der Waals surface area (Å²) in [5.74, 6) is 0. The van der Waals surface area contributed by atoms with Crippen molar-refractivity contribution in [3.8, 4) is 12.8 Å². The summed E-state index contributed by atoms with van der Waals surface area (Å²) in [6.07, 6.45) is 19.4. The highest BCUT2D eigenvalue weighted by Crippen LogP contribution is 2.45. The van der Waals surface area contributed by atoms with E-state index in [1.54, 1.807) is 5.57 Å². The van der Waals surface area contributed by atoms with Gasteiger partial charge in [0.05, 0.1) is 0 Å². The first-order valence-corrected chi connectivity index (χ1v) is 7.20. The van der Waals surface area contributed by atoms with Crippen LogP contribution >= 0.6 is 0 Å². The molecule has 2 rings (SSSR count). The van der Waals surface area contributed by atoms with Gasteiger partial charge in [0.15, 0.2) is 0 Å². The summed E-state index contributed by atoms with van der Waals surface area (Å²) in [5, 5.41) is 3.56. The molecule has 1 heteroatoms. The highest BCUT2D eigenvalue weighted by Gasteiger charge is 2.38. The Hall–Kier alpha value is -1.16. The smallest absolute Gasteiger partial charge is 0.0332 e. The minimum Gasteiger partial charge on any atom is -0.384 e. The SMILES string of the molecule is C#C.C/C=C\C1=C(C)C2(CCCCC2)CN1.CC. The second-order valence-electron chi connectivity index (χ2n) is 4.73. The topological polar surface area (TPSA) is 12.0 Å². The van der Waals surface area contributed by atoms with Gasteiger partial charge in [0.2, 0.25) is 0 Å². The summed E-state index contributed by atoms with van der Waals surface area (Å²) >= 11 is 0. The third-order valence-corrected chi connectivity index (χ3v) is 3.96. The van der Waals surface area contributed by atoms with Crippen molar-refractivity contribution in [3.63, 3.8) is 0 Å². The second-order valence-corrected chi connectivity index (χ2v) is 4.73. The van der Waals surface area contributed by atoms with Crippen molar-refractivity contribution in [1.29, 1.82) is 0 Å². The molecule has 1 N–H and O–H groups in total. The van der Waals surface area contributed by atoms with Crippen LogP contribution in [0.1, 0.15) is 59.8 Å². The van der Waals surface area contributed by atoms with Crippen LogP contribution in [0.2, 0.25) is 0 Å². The van der Waals surface area contributed by atoms with E-state index in [2.05, 4.69) is 44.2 Å². The Labute approximate surface area is 114 Å². The molecule has 0 atom stereocenters. The molecule has 1 heterocycles. The average Bonchev–Trinajstić information content (AvgIpc) is 2.74. The third-order valence-electron chi connectivity index (χ3n) is 3.96. The molecule has 0 bridgehead atoms. The fourth-order valence-corrected chi connectivity index (χ4v) is 2.95. The zero-order valence-corrected chi connectivity index (χ0v) is 12.6. The van der Waals surface area contributed by atoms with Gasteiger partial charge in [-0.3, -0.25) is 0 Å². The molecule has 0 radical (unpaired) electrons. The Morgan fingerprint density at radius 2 is 1.67 bits per heavy atom. The number of hydrogen-bond acceptors (Lipinski definition) is 1. The highest BCUT2D eigenvalue weighted by atomic mass is 14.9. The molecule has 0 amide bonds. The molecule has 0 saturated heterocycles. The average molecular weight is 247 g/mol. The number of allylic oxidation sites excluding steroid dienone is 2. The largest absolute Gasteiger partial charge is 0.384 e. The minimum absolute atomic E-state index is 0.521. The van der Waals surface area contributed by atoms with Crippen LogP contribution in [0, 0.1) is 18.3 Å². The van der Waals surface area contributed by atoms with Crippen molar-refractivity contribution >= 4 is 0 Å². The van der Waals surface area contributed by atoms with Crippen molar-refractivity contribution in [2.24, 2.45) is 5.41 Å². The van der Waals surface area contributed by atoms with E-state index in [9.17, 15) is 0 Å². The maximum atomic E-state index is 4.00. The maximum absolute atomic E-state index is 4.00. The van der Waals surface area contributed by atoms with Crippen LogP contribution in [0.25, 0.3) is 0 Å². The molecule has 0 aromatic carbocycles. The van der Waals surface area contributed by atoms with Crippen LogP contribution in [0.3, 0.4) is 0 Å². The van der Waals surface area contributed by atoms with Gasteiger partial charge in [0, 0.05) is 17.7 Å². The quantitative estimate of drug-likeness (QED) is 0.664. The monoisotopic (exact) mass is 247 g/mol. The Morgan fingerprint density at radius 1 is 1.11 bits per heavy atom. The van der Waals surface area contributed by atoms with Crippen LogP contribution in [0.4, 0.5) is 0 Å². The summed E-state index contributed by atoms with van der Waals surface area (Å²) in [7, 11) is 0. The van der Waals surface area contributed by atoms with Crippen molar-refractivity contribution in [2.45, 2.75) is 59.8 Å². The van der Waals surface area contributed by atoms with E-state index >= 15 is 0 Å². The first kappa shape index (κ1) is 16.8. The van der Waals surface area contributed by atoms with Crippen LogP contribution in [-0.2, 0) is 0 Å². The molecule has 1 fully saturated rings. The molecule has 1 saturated carbocycles. The van der Waals surface area contributed by atoms with Crippen molar-refractivity contribution in [1.82, 2.24) is 5.32 Å². The maximum Gasteiger partial charge on any atom is 0.0332 e. The summed E-state index contributed by atoms with van der Waals surface area (Å²) in [5.41, 5.74) is 3.51. The van der Waals surface area contributed by atoms with E-state index in [0.29, 0.717) is 5.41 Å². The Balaban J connectivity index is 0.000000659. The number of hydrogen-bond donors (Lipinski definition) is 1. The predicted octanol–water partition coefficient (Wildman–Crippen LogP) is 4.67. The number of terminal acetylenes is 1. The van der Waals surface area contributed by atoms with Gasteiger partial charge in [-0.2, -0.15) is 0 Å². The second kappa shape index (κ2) is 8.86. The van der Waals surface area contributed by atoms with Gasteiger partial charge >= 0.3 is 0 Å². The lowest BCUT2D eigenvalue weighted by atomic mass is 9.70. The lowest BCUT2D eigenvalue weighted by Gasteiger charge is -2.34. The molecule has 1 aliphatic heterocycles. The van der Waals surface area contributed by atoms with E-state index < -0.39 is 0 Å². The van der Waals surface area contributed by atoms with Gasteiger partial charge in [0.1, 0.15) is 0 Å². The summed E-state index contributed by atoms with van der Waals surface area (Å²) < 4.78 is 0. The van der Waals surface area contributed by atoms with Crippen LogP contribution in [-0.4, -0.2) is 6.54 Å². The predicted molar refractivity (Wildman–Crippen MR) is 82.3 cm³/mol. The Kier molecular flexibility index (Phi) is 8.29. The molecular weight excluding hydrogens is 218 g/mol. The minimum atomic E-state index is 0.521. The third kappa shape index (κ3) is 3.67. The normalized spacial score (nSPS) is 20.8. The molecule has 0 unspecified atom stereocenters. The number of nitrogens with one attached hydrogen (secondary N) is 1. The zero-order chi connectivity index (χ0) is 14.0. The summed E-state index contributed by atoms with van der Waals surface area (Å²) in [6, 6.07) is 0. The van der Waals surface area contributed by atoms with Gasteiger partial charge in [-0.1, -0.05) is 39.2 Å². The first-order chi connectivity index (χ1) is 8.78. The van der Waals surface area contributed by atoms with Gasteiger partial charge in [-0.25, -0.2) is 0 Å². The van der Waals surface area contributed by atoms with Crippen molar-refractivity contribution in [3.05, 3.63) is 23.4 Å². The molecule has 0 aromatic heterocycles. The number of rotatable bonds is 1. The molecular formula is C17H29N. The van der Waals surface area contributed by atoms with Crippen LogP contribution in [0.15, 0.2) is 23.4 Å². The van der Waals surface area contributed by atoms with E-state index in [4.69, 9.17) is 0 Å². The van der Waals surface area contributed by atoms with Gasteiger partial charge in [0.25, 0.3) is 0 Å². The zero-order valence-electron chi connectivity index (χ0n) is 12.6. The molecule has 1 aliphatic carbocycles. The van der Waals surface area contributed by atoms with Gasteiger partial charge in [-0.15, -0.1) is 12.8 Å². The lowest BCUT2D eigenvalue weighted by Crippen LogP contribution is -2.29. The Bertz CT molecular complexity index is 301. The van der Waals surface area contributed by atoms with E-state index in [1.165, 1.54) is 44.3 Å². The first-order valence-electron chi connectivity index (χ1n) is 7.20. The highest BCUT2D eigenvalue weighted by molar-refractivity contribution is 5.33. The van der Waals surface area contributed by atoms with Gasteiger partial charge < -0.3 is 5.32 Å². The molecule has 18 heavy (non-hydrogen) atoms. The van der Waals surface area contributed by atoms with Crippen molar-refractivity contribution in [2.75, 3.05) is 6.54 Å². The van der Waals surface area contributed by atoms with E-state index in [0.717, 1.165) is 0 Å². The lowest BCUT2D eigenvalue weighted by molar-refractivity contribution is 0.254. The van der Waals surface area contributed by atoms with E-state index in [1.807, 2.05) is 13.8 Å². The molecule has 1 spiro atoms. The van der Waals surface area contributed by atoms with E-state index in [-0.39, 0.29) is 0 Å². The fraction of sp³-hybridized carbons (Fsp3) is 0.647. The summed E-state index contributed by atoms with van der Waals surface area (Å²) in [6.45, 7) is 9.59. The molecule has 2 aliphatic rings. The van der Waals surface area contributed by atoms with Crippen LogP contribution in [0.5, 0.6) is 0 Å². The standard InChI is InChI=1S/C13H21N.C2H6.C2H2/c1-3-7-12-11(2)13(10-14-12)8-5-4-6-9-13;2*1-2/h3,7,14H,4-6,8-10H2,1-2H3;1-2H3;1-2H/b7-3-;;. The van der Waals surface area contributed by atoms with Crippen molar-refractivity contribution < 1.29 is 0 Å². The molecule has 0 aromatic rings. The Morgan fingerprint density at radius 3 is 2.17 bits per heavy atom. The molecule has 1 nitrogen and oxygen atoms in total. The molecule has 102 valence electrons. The van der Waals surface area contributed by atoms with Gasteiger partial charge in [-0.05, 0) is 38.3 Å². The fourth-order valence-electron chi connectivity index (χ4n) is 2.95.